The minimum atomic E-state index is -0.953. The lowest BCUT2D eigenvalue weighted by molar-refractivity contribution is 0.0785. The van der Waals surface area contributed by atoms with Gasteiger partial charge in [0.1, 0.15) is 11.6 Å². The molecule has 7 nitrogen and oxygen atoms in total. The molecule has 1 aliphatic rings. The van der Waals surface area contributed by atoms with Crippen LogP contribution in [-0.4, -0.2) is 32.2 Å². The van der Waals surface area contributed by atoms with Crippen LogP contribution in [-0.2, 0) is 18.6 Å². The van der Waals surface area contributed by atoms with Gasteiger partial charge in [-0.2, -0.15) is 9.61 Å². The number of hydrogen-bond acceptors (Lipinski definition) is 5. The number of anilines is 2. The van der Waals surface area contributed by atoms with Gasteiger partial charge in [0.25, 0.3) is 5.91 Å². The monoisotopic (exact) mass is 457 g/mol. The maximum absolute atomic E-state index is 12.9. The molecule has 0 spiro atoms. The third-order valence-electron chi connectivity index (χ3n) is 5.89. The SMILES string of the molecule is CC.CC(C)(O)c1ccc(C(=O)Nc2cc(N3CCc4ccccc4C3)n3nccc3n2)cc1. The first-order valence-corrected chi connectivity index (χ1v) is 11.7. The Morgan fingerprint density at radius 1 is 1.03 bits per heavy atom. The molecule has 5 rings (SSSR count). The molecule has 2 aromatic heterocycles. The van der Waals surface area contributed by atoms with E-state index >= 15 is 0 Å². The van der Waals surface area contributed by atoms with Gasteiger partial charge >= 0.3 is 0 Å². The number of carbonyl (C=O) groups excluding carboxylic acids is 1. The molecule has 0 radical (unpaired) electrons. The molecule has 0 atom stereocenters. The highest BCUT2D eigenvalue weighted by molar-refractivity contribution is 6.04. The molecule has 0 saturated carbocycles. The van der Waals surface area contributed by atoms with Crippen molar-refractivity contribution in [3.05, 3.63) is 89.1 Å². The minimum absolute atomic E-state index is 0.251. The highest BCUT2D eigenvalue weighted by Gasteiger charge is 2.21. The van der Waals surface area contributed by atoms with Crippen molar-refractivity contribution in [2.24, 2.45) is 0 Å². The summed E-state index contributed by atoms with van der Waals surface area (Å²) >= 11 is 0. The number of aromatic nitrogens is 3. The lowest BCUT2D eigenvalue weighted by Crippen LogP contribution is -2.32. The third kappa shape index (κ3) is 4.79. The Morgan fingerprint density at radius 3 is 2.44 bits per heavy atom. The molecule has 3 heterocycles. The van der Waals surface area contributed by atoms with Crippen molar-refractivity contribution in [3.63, 3.8) is 0 Å². The number of carbonyl (C=O) groups is 1. The Balaban J connectivity index is 0.00000133. The fraction of sp³-hybridized carbons (Fsp3) is 0.296. The highest BCUT2D eigenvalue weighted by Crippen LogP contribution is 2.27. The van der Waals surface area contributed by atoms with Gasteiger partial charge < -0.3 is 15.3 Å². The number of nitrogens with zero attached hydrogens (tertiary/aromatic N) is 4. The number of nitrogens with one attached hydrogen (secondary N) is 1. The molecular formula is C27H31N5O2. The maximum atomic E-state index is 12.9. The molecule has 0 fully saturated rings. The topological polar surface area (TPSA) is 82.8 Å². The van der Waals surface area contributed by atoms with E-state index < -0.39 is 5.60 Å². The average molecular weight is 458 g/mol. The zero-order valence-electron chi connectivity index (χ0n) is 20.1. The van der Waals surface area contributed by atoms with E-state index in [-0.39, 0.29) is 5.91 Å². The van der Waals surface area contributed by atoms with Crippen molar-refractivity contribution < 1.29 is 9.90 Å². The molecule has 0 saturated heterocycles. The molecule has 0 aliphatic carbocycles. The first-order chi connectivity index (χ1) is 16.4. The number of rotatable bonds is 4. The summed E-state index contributed by atoms with van der Waals surface area (Å²) in [5, 5.41) is 17.5. The zero-order chi connectivity index (χ0) is 24.3. The first kappa shape index (κ1) is 23.4. The Kier molecular flexibility index (Phi) is 6.65. The quantitative estimate of drug-likeness (QED) is 0.460. The van der Waals surface area contributed by atoms with Crippen LogP contribution in [0.4, 0.5) is 11.6 Å². The molecular weight excluding hydrogens is 426 g/mol. The summed E-state index contributed by atoms with van der Waals surface area (Å²) in [5.41, 5.74) is 3.65. The standard InChI is InChI=1S/C25H25N5O2.C2H6/c1-25(2,32)20-9-7-18(8-10-20)24(31)28-21-15-23(30-22(27-21)11-13-26-30)29-14-12-17-5-3-4-6-19(17)16-29;1-2/h3-11,13,15,32H,12,14,16H2,1-2H3,(H,27,28,31);1-2H3. The number of aliphatic hydroxyl groups is 1. The zero-order valence-corrected chi connectivity index (χ0v) is 20.1. The van der Waals surface area contributed by atoms with Crippen LogP contribution in [0.3, 0.4) is 0 Å². The molecule has 1 amide bonds. The van der Waals surface area contributed by atoms with Gasteiger partial charge in [0.15, 0.2) is 5.65 Å². The Hall–Kier alpha value is -3.71. The summed E-state index contributed by atoms with van der Waals surface area (Å²) < 4.78 is 1.81. The predicted molar refractivity (Wildman–Crippen MR) is 135 cm³/mol. The predicted octanol–water partition coefficient (Wildman–Crippen LogP) is 4.80. The van der Waals surface area contributed by atoms with E-state index in [0.717, 1.165) is 30.9 Å². The van der Waals surface area contributed by atoms with Crippen molar-refractivity contribution in [2.75, 3.05) is 16.8 Å². The average Bonchev–Trinajstić information content (AvgIpc) is 3.33. The normalized spacial score (nSPS) is 13.1. The number of hydrogen-bond donors (Lipinski definition) is 2. The summed E-state index contributed by atoms with van der Waals surface area (Å²) in [4.78, 5) is 19.7. The molecule has 7 heteroatoms. The van der Waals surface area contributed by atoms with E-state index in [1.807, 2.05) is 30.5 Å². The van der Waals surface area contributed by atoms with E-state index in [1.54, 1.807) is 44.3 Å². The van der Waals surface area contributed by atoms with Gasteiger partial charge in [0.05, 0.1) is 11.8 Å². The van der Waals surface area contributed by atoms with Gasteiger partial charge in [-0.15, -0.1) is 0 Å². The molecule has 2 aromatic carbocycles. The molecule has 1 aliphatic heterocycles. The van der Waals surface area contributed by atoms with Gasteiger partial charge in [-0.3, -0.25) is 4.79 Å². The Labute approximate surface area is 200 Å². The summed E-state index contributed by atoms with van der Waals surface area (Å²) in [6.07, 6.45) is 2.67. The van der Waals surface area contributed by atoms with Crippen molar-refractivity contribution in [3.8, 4) is 0 Å². The van der Waals surface area contributed by atoms with E-state index in [0.29, 0.717) is 17.0 Å². The molecule has 4 aromatic rings. The van der Waals surface area contributed by atoms with Crippen molar-refractivity contribution in [1.29, 1.82) is 0 Å². The smallest absolute Gasteiger partial charge is 0.256 e. The second-order valence-electron chi connectivity index (χ2n) is 8.63. The lowest BCUT2D eigenvalue weighted by Gasteiger charge is -2.30. The van der Waals surface area contributed by atoms with E-state index in [4.69, 9.17) is 0 Å². The number of fused-ring (bicyclic) bond motifs is 2. The van der Waals surface area contributed by atoms with Crippen LogP contribution < -0.4 is 10.2 Å². The Morgan fingerprint density at radius 2 is 1.74 bits per heavy atom. The fourth-order valence-corrected chi connectivity index (χ4v) is 4.10. The number of benzene rings is 2. The van der Waals surface area contributed by atoms with Crippen molar-refractivity contribution in [1.82, 2.24) is 14.6 Å². The lowest BCUT2D eigenvalue weighted by atomic mass is 9.97. The van der Waals surface area contributed by atoms with Gasteiger partial charge in [-0.1, -0.05) is 50.2 Å². The van der Waals surface area contributed by atoms with Crippen LogP contribution in [0, 0.1) is 0 Å². The molecule has 0 unspecified atom stereocenters. The molecule has 34 heavy (non-hydrogen) atoms. The summed E-state index contributed by atoms with van der Waals surface area (Å²) in [6.45, 7) is 9.07. The maximum Gasteiger partial charge on any atom is 0.256 e. The third-order valence-corrected chi connectivity index (χ3v) is 5.89. The van der Waals surface area contributed by atoms with Crippen LogP contribution in [0.5, 0.6) is 0 Å². The largest absolute Gasteiger partial charge is 0.386 e. The van der Waals surface area contributed by atoms with Gasteiger partial charge in [0, 0.05) is 30.8 Å². The second-order valence-corrected chi connectivity index (χ2v) is 8.63. The van der Waals surface area contributed by atoms with Crippen LogP contribution in [0.2, 0.25) is 0 Å². The highest BCUT2D eigenvalue weighted by atomic mass is 16.3. The van der Waals surface area contributed by atoms with Crippen LogP contribution in [0.1, 0.15) is 54.7 Å². The minimum Gasteiger partial charge on any atom is -0.386 e. The summed E-state index contributed by atoms with van der Waals surface area (Å²) in [5.74, 6) is 1.12. The van der Waals surface area contributed by atoms with Crippen LogP contribution >= 0.6 is 0 Å². The van der Waals surface area contributed by atoms with Gasteiger partial charge in [-0.05, 0) is 49.1 Å². The van der Waals surface area contributed by atoms with Crippen LogP contribution in [0.25, 0.3) is 5.65 Å². The fourth-order valence-electron chi connectivity index (χ4n) is 4.10. The summed E-state index contributed by atoms with van der Waals surface area (Å²) in [7, 11) is 0. The van der Waals surface area contributed by atoms with Crippen molar-refractivity contribution >= 4 is 23.2 Å². The molecule has 176 valence electrons. The molecule has 0 bridgehead atoms. The van der Waals surface area contributed by atoms with Crippen LogP contribution in [0.15, 0.2) is 66.9 Å². The Bertz CT molecular complexity index is 1290. The van der Waals surface area contributed by atoms with E-state index in [9.17, 15) is 9.90 Å². The molecule has 2 N–H and O–H groups in total. The first-order valence-electron chi connectivity index (χ1n) is 11.7. The van der Waals surface area contributed by atoms with Crippen molar-refractivity contribution in [2.45, 2.75) is 46.3 Å². The van der Waals surface area contributed by atoms with E-state index in [2.05, 4.69) is 44.6 Å². The van der Waals surface area contributed by atoms with Gasteiger partial charge in [0.2, 0.25) is 0 Å². The van der Waals surface area contributed by atoms with E-state index in [1.165, 1.54) is 11.1 Å². The number of amides is 1. The summed E-state index contributed by atoms with van der Waals surface area (Å²) in [6, 6.07) is 19.1. The second kappa shape index (κ2) is 9.65. The van der Waals surface area contributed by atoms with Gasteiger partial charge in [-0.25, -0.2) is 4.98 Å².